The van der Waals surface area contributed by atoms with Crippen molar-refractivity contribution < 1.29 is 28.2 Å². The summed E-state index contributed by atoms with van der Waals surface area (Å²) in [5.41, 5.74) is 4.88. The quantitative estimate of drug-likeness (QED) is 0.405. The smallest absolute Gasteiger partial charge is 0.407 e. The zero-order valence-corrected chi connectivity index (χ0v) is 18.3. The highest BCUT2D eigenvalue weighted by Crippen LogP contribution is 2.18. The first-order valence-electron chi connectivity index (χ1n) is 9.87. The van der Waals surface area contributed by atoms with Crippen LogP contribution in [0.15, 0.2) is 18.2 Å². The van der Waals surface area contributed by atoms with Crippen LogP contribution in [0.1, 0.15) is 52.0 Å². The summed E-state index contributed by atoms with van der Waals surface area (Å²) < 4.78 is 24.5. The Morgan fingerprint density at radius 3 is 2.55 bits per heavy atom. The van der Waals surface area contributed by atoms with E-state index in [2.05, 4.69) is 27.2 Å². The summed E-state index contributed by atoms with van der Waals surface area (Å²) in [6, 6.07) is 4.18. The molecule has 9 heteroatoms. The molecule has 0 bridgehead atoms. The van der Waals surface area contributed by atoms with Gasteiger partial charge in [-0.15, -0.1) is 0 Å². The van der Waals surface area contributed by atoms with E-state index in [1.54, 1.807) is 26.8 Å². The van der Waals surface area contributed by atoms with Gasteiger partial charge in [-0.1, -0.05) is 17.9 Å². The average Bonchev–Trinajstić information content (AvgIpc) is 2.67. The molecule has 0 radical (unpaired) electrons. The fourth-order valence-electron chi connectivity index (χ4n) is 2.44. The zero-order chi connectivity index (χ0) is 23.4. The molecule has 0 aromatic heterocycles. The Hall–Kier alpha value is -3.28. The summed E-state index contributed by atoms with van der Waals surface area (Å²) in [6.07, 6.45) is 0.0428. The zero-order valence-electron chi connectivity index (χ0n) is 18.3. The van der Waals surface area contributed by atoms with Crippen molar-refractivity contribution in [1.82, 2.24) is 5.32 Å². The lowest BCUT2D eigenvalue weighted by molar-refractivity contribution is -0.140. The molecule has 1 rings (SSSR count). The third-order valence-electron chi connectivity index (χ3n) is 3.90. The van der Waals surface area contributed by atoms with Crippen LogP contribution in [0.25, 0.3) is 0 Å². The fraction of sp³-hybridized carbons (Fsp3) is 0.500. The monoisotopic (exact) mass is 435 g/mol. The molecular weight excluding hydrogens is 405 g/mol. The number of hydrogen-bond acceptors (Lipinski definition) is 6. The molecular formula is C22H30FN3O5. The van der Waals surface area contributed by atoms with Crippen LogP contribution in [0, 0.1) is 17.7 Å². The van der Waals surface area contributed by atoms with E-state index >= 15 is 0 Å². The first kappa shape index (κ1) is 25.8. The van der Waals surface area contributed by atoms with Crippen molar-refractivity contribution in [2.45, 2.75) is 58.1 Å². The van der Waals surface area contributed by atoms with Gasteiger partial charge >= 0.3 is 12.1 Å². The number of benzene rings is 1. The third kappa shape index (κ3) is 10.9. The Kier molecular flexibility index (Phi) is 10.3. The summed E-state index contributed by atoms with van der Waals surface area (Å²) >= 11 is 0. The Bertz CT molecular complexity index is 840. The van der Waals surface area contributed by atoms with Crippen LogP contribution in [0.2, 0.25) is 0 Å². The van der Waals surface area contributed by atoms with E-state index in [1.165, 1.54) is 19.2 Å². The molecule has 0 heterocycles. The number of nitrogens with two attached hydrogens (primary N) is 1. The number of anilines is 1. The molecule has 0 aliphatic rings. The lowest BCUT2D eigenvalue weighted by Crippen LogP contribution is -2.43. The maximum atomic E-state index is 14.7. The number of methoxy groups -OCH3 is 1. The number of amides is 2. The maximum absolute atomic E-state index is 14.7. The predicted molar refractivity (Wildman–Crippen MR) is 115 cm³/mol. The van der Waals surface area contributed by atoms with Crippen molar-refractivity contribution in [1.29, 1.82) is 0 Å². The first-order valence-corrected chi connectivity index (χ1v) is 9.87. The van der Waals surface area contributed by atoms with Crippen LogP contribution >= 0.6 is 0 Å². The van der Waals surface area contributed by atoms with E-state index < -0.39 is 29.5 Å². The minimum absolute atomic E-state index is 0.0519. The minimum Gasteiger partial charge on any atom is -0.469 e. The molecule has 1 aromatic rings. The van der Waals surface area contributed by atoms with Gasteiger partial charge in [-0.05, 0) is 39.3 Å². The number of alkyl carbamates (subject to hydrolysis) is 1. The van der Waals surface area contributed by atoms with E-state index in [0.717, 1.165) is 0 Å². The first-order chi connectivity index (χ1) is 14.5. The van der Waals surface area contributed by atoms with Gasteiger partial charge in [-0.3, -0.25) is 9.59 Å². The van der Waals surface area contributed by atoms with E-state index in [0.29, 0.717) is 0 Å². The van der Waals surface area contributed by atoms with Crippen LogP contribution in [0.5, 0.6) is 0 Å². The van der Waals surface area contributed by atoms with Gasteiger partial charge in [0.05, 0.1) is 24.8 Å². The number of hydrogen-bond donors (Lipinski definition) is 3. The van der Waals surface area contributed by atoms with E-state index in [-0.39, 0.29) is 49.4 Å². The molecule has 1 aromatic carbocycles. The molecule has 2 amide bonds. The Morgan fingerprint density at radius 2 is 1.94 bits per heavy atom. The summed E-state index contributed by atoms with van der Waals surface area (Å²) in [6.45, 7) is 5.34. The average molecular weight is 435 g/mol. The second kappa shape index (κ2) is 12.4. The Labute approximate surface area is 182 Å². The van der Waals surface area contributed by atoms with Crippen molar-refractivity contribution >= 4 is 23.7 Å². The number of carbonyl (C=O) groups is 3. The molecule has 0 aliphatic carbocycles. The van der Waals surface area contributed by atoms with E-state index in [9.17, 15) is 18.8 Å². The number of carbonyl (C=O) groups excluding carboxylic acids is 3. The minimum atomic E-state index is -0.682. The van der Waals surface area contributed by atoms with Crippen LogP contribution in [-0.2, 0) is 19.1 Å². The standard InChI is InChI=1S/C22H30FN3O5/c1-22(2,3)31-21(29)26-16(12-13-18(24)27)14-25-17-10-7-9-15(20(17)23)8-5-6-11-19(28)30-4/h7,9-10,16,25H,6,11-14H2,1-4H3,(H2,24,27)(H,26,29)/t16-/m0/s1. The lowest BCUT2D eigenvalue weighted by atomic mass is 10.1. The lowest BCUT2D eigenvalue weighted by Gasteiger charge is -2.24. The van der Waals surface area contributed by atoms with E-state index in [1.807, 2.05) is 0 Å². The molecule has 0 aliphatic heterocycles. The molecule has 0 unspecified atom stereocenters. The van der Waals surface area contributed by atoms with Gasteiger partial charge in [-0.25, -0.2) is 9.18 Å². The molecule has 8 nitrogen and oxygen atoms in total. The third-order valence-corrected chi connectivity index (χ3v) is 3.90. The molecule has 4 N–H and O–H groups in total. The highest BCUT2D eigenvalue weighted by Gasteiger charge is 2.20. The van der Waals surface area contributed by atoms with Crippen LogP contribution < -0.4 is 16.4 Å². The molecule has 31 heavy (non-hydrogen) atoms. The van der Waals surface area contributed by atoms with Crippen molar-refractivity contribution in [3.05, 3.63) is 29.6 Å². The number of esters is 1. The molecule has 170 valence electrons. The summed E-state index contributed by atoms with van der Waals surface area (Å²) in [7, 11) is 1.29. The molecule has 0 spiro atoms. The highest BCUT2D eigenvalue weighted by molar-refractivity contribution is 5.74. The summed E-state index contributed by atoms with van der Waals surface area (Å²) in [5, 5.41) is 5.59. The predicted octanol–water partition coefficient (Wildman–Crippen LogP) is 2.70. The van der Waals surface area contributed by atoms with Crippen molar-refractivity contribution in [2.75, 3.05) is 19.0 Å². The van der Waals surface area contributed by atoms with E-state index in [4.69, 9.17) is 10.5 Å². The fourth-order valence-corrected chi connectivity index (χ4v) is 2.44. The second-order valence-corrected chi connectivity index (χ2v) is 7.77. The van der Waals surface area contributed by atoms with Gasteiger partial charge in [0, 0.05) is 25.4 Å². The number of nitrogens with one attached hydrogen (secondary N) is 2. The van der Waals surface area contributed by atoms with Crippen LogP contribution in [0.3, 0.4) is 0 Å². The normalized spacial score (nSPS) is 11.5. The molecule has 1 atom stereocenters. The summed E-state index contributed by atoms with van der Waals surface area (Å²) in [4.78, 5) is 34.3. The number of rotatable bonds is 9. The van der Waals surface area contributed by atoms with Crippen molar-refractivity contribution in [3.63, 3.8) is 0 Å². The second-order valence-electron chi connectivity index (χ2n) is 7.77. The Balaban J connectivity index is 2.80. The number of primary amides is 1. The maximum Gasteiger partial charge on any atom is 0.407 e. The molecule has 0 saturated carbocycles. The van der Waals surface area contributed by atoms with Gasteiger partial charge in [0.25, 0.3) is 0 Å². The summed E-state index contributed by atoms with van der Waals surface area (Å²) in [5.74, 6) is 3.98. The van der Waals surface area contributed by atoms with Gasteiger partial charge in [0.2, 0.25) is 5.91 Å². The van der Waals surface area contributed by atoms with Crippen molar-refractivity contribution in [2.24, 2.45) is 5.73 Å². The Morgan fingerprint density at radius 1 is 1.23 bits per heavy atom. The number of ether oxygens (including phenoxy) is 2. The van der Waals surface area contributed by atoms with Crippen LogP contribution in [0.4, 0.5) is 14.9 Å². The number of halogens is 1. The SMILES string of the molecule is COC(=O)CCC#Cc1cccc(NC[C@H](CCC(N)=O)NC(=O)OC(C)(C)C)c1F. The highest BCUT2D eigenvalue weighted by atomic mass is 19.1. The van der Waals surface area contributed by atoms with Crippen LogP contribution in [-0.4, -0.2) is 43.3 Å². The topological polar surface area (TPSA) is 120 Å². The van der Waals surface area contributed by atoms with Gasteiger partial charge in [-0.2, -0.15) is 0 Å². The van der Waals surface area contributed by atoms with Crippen molar-refractivity contribution in [3.8, 4) is 11.8 Å². The van der Waals surface area contributed by atoms with Gasteiger partial charge < -0.3 is 25.8 Å². The van der Waals surface area contributed by atoms with Gasteiger partial charge in [0.15, 0.2) is 5.82 Å². The molecule has 0 saturated heterocycles. The van der Waals surface area contributed by atoms with Gasteiger partial charge in [0.1, 0.15) is 5.60 Å². The largest absolute Gasteiger partial charge is 0.469 e. The molecule has 0 fully saturated rings.